The Labute approximate surface area is 60.7 Å². The van der Waals surface area contributed by atoms with Crippen molar-refractivity contribution in [1.82, 2.24) is 0 Å². The van der Waals surface area contributed by atoms with Gasteiger partial charge in [0.15, 0.2) is 0 Å². The van der Waals surface area contributed by atoms with E-state index in [1.54, 1.807) is 12.4 Å². The first-order valence-electron chi connectivity index (χ1n) is 3.03. The standard InChI is InChI=1S/C9H7O/c1-8-4-2-3-5-9(8)6-7-10/h1-5H,6H2. The van der Waals surface area contributed by atoms with Crippen molar-refractivity contribution < 1.29 is 4.79 Å². The van der Waals surface area contributed by atoms with E-state index < -0.39 is 0 Å². The normalized spacial score (nSPS) is 9.30. The van der Waals surface area contributed by atoms with Crippen molar-refractivity contribution in [3.8, 4) is 0 Å². The zero-order chi connectivity index (χ0) is 7.40. The van der Waals surface area contributed by atoms with Gasteiger partial charge in [0.2, 0.25) is 6.29 Å². The summed E-state index contributed by atoms with van der Waals surface area (Å²) in [4.78, 5) is 9.95. The molecule has 0 spiro atoms. The molecule has 0 heterocycles. The second-order valence-electron chi connectivity index (χ2n) is 2.02. The Kier molecular flexibility index (Phi) is 2.21. The Bertz CT molecular complexity index is 228. The van der Waals surface area contributed by atoms with Crippen LogP contribution in [-0.4, -0.2) is 6.29 Å². The van der Waals surface area contributed by atoms with Crippen molar-refractivity contribution in [2.24, 2.45) is 0 Å². The van der Waals surface area contributed by atoms with Crippen molar-refractivity contribution in [1.29, 1.82) is 0 Å². The third-order valence-electron chi connectivity index (χ3n) is 1.32. The molecule has 0 N–H and O–H groups in total. The van der Waals surface area contributed by atoms with E-state index in [1.165, 1.54) is 0 Å². The van der Waals surface area contributed by atoms with Crippen LogP contribution in [0.2, 0.25) is 0 Å². The fourth-order valence-electron chi connectivity index (χ4n) is 0.773. The summed E-state index contributed by atoms with van der Waals surface area (Å²) in [7, 11) is 0. The average Bonchev–Trinajstić information content (AvgIpc) is 1.94. The molecule has 0 aliphatic rings. The van der Waals surface area contributed by atoms with Crippen LogP contribution in [0.5, 0.6) is 0 Å². The van der Waals surface area contributed by atoms with Crippen LogP contribution in [0.15, 0.2) is 24.3 Å². The Morgan fingerprint density at radius 1 is 1.40 bits per heavy atom. The number of carbonyl (C=O) groups excluding carboxylic acids is 1. The third kappa shape index (κ3) is 1.44. The first kappa shape index (κ1) is 7.00. The molecule has 0 fully saturated rings. The molecule has 1 aromatic carbocycles. The van der Waals surface area contributed by atoms with Gasteiger partial charge in [-0.25, -0.2) is 0 Å². The monoisotopic (exact) mass is 131 g/mol. The van der Waals surface area contributed by atoms with Crippen LogP contribution in [0.1, 0.15) is 11.1 Å². The SMILES string of the molecule is [CH]c1ccccc1C[C]=O. The van der Waals surface area contributed by atoms with Crippen LogP contribution in [0.3, 0.4) is 0 Å². The van der Waals surface area contributed by atoms with Gasteiger partial charge in [0.1, 0.15) is 0 Å². The van der Waals surface area contributed by atoms with Crippen LogP contribution < -0.4 is 0 Å². The van der Waals surface area contributed by atoms with Gasteiger partial charge in [0.05, 0.1) is 0 Å². The molecule has 0 bridgehead atoms. The Morgan fingerprint density at radius 3 is 2.70 bits per heavy atom. The van der Waals surface area contributed by atoms with Gasteiger partial charge in [-0.1, -0.05) is 24.3 Å². The van der Waals surface area contributed by atoms with Gasteiger partial charge in [-0.05, 0) is 18.1 Å². The molecule has 0 saturated heterocycles. The van der Waals surface area contributed by atoms with Gasteiger partial charge in [-0.15, -0.1) is 0 Å². The van der Waals surface area contributed by atoms with Crippen LogP contribution in [0.25, 0.3) is 0 Å². The molecule has 0 saturated carbocycles. The maximum absolute atomic E-state index is 9.95. The molecule has 3 radical (unpaired) electrons. The largest absolute Gasteiger partial charge is 0.291 e. The molecule has 10 heavy (non-hydrogen) atoms. The Hall–Kier alpha value is -1.11. The minimum Gasteiger partial charge on any atom is -0.291 e. The molecule has 1 rings (SSSR count). The van der Waals surface area contributed by atoms with Gasteiger partial charge in [0, 0.05) is 6.42 Å². The lowest BCUT2D eigenvalue weighted by molar-refractivity contribution is 0.555. The van der Waals surface area contributed by atoms with Crippen molar-refractivity contribution in [3.05, 3.63) is 42.3 Å². The molecule has 0 amide bonds. The molecule has 1 aromatic rings. The summed E-state index contributed by atoms with van der Waals surface area (Å²) in [6.45, 7) is 5.53. The van der Waals surface area contributed by atoms with Crippen LogP contribution >= 0.6 is 0 Å². The molecule has 1 nitrogen and oxygen atoms in total. The summed E-state index contributed by atoms with van der Waals surface area (Å²) < 4.78 is 0. The highest BCUT2D eigenvalue weighted by Gasteiger charge is 1.93. The predicted octanol–water partition coefficient (Wildman–Crippen LogP) is 1.40. The van der Waals surface area contributed by atoms with E-state index in [9.17, 15) is 4.79 Å². The van der Waals surface area contributed by atoms with E-state index in [4.69, 9.17) is 6.92 Å². The summed E-state index contributed by atoms with van der Waals surface area (Å²) in [6.07, 6.45) is 2.08. The fourth-order valence-corrected chi connectivity index (χ4v) is 0.773. The number of rotatable bonds is 2. The second-order valence-corrected chi connectivity index (χ2v) is 2.02. The number of hydrogen-bond acceptors (Lipinski definition) is 1. The van der Waals surface area contributed by atoms with Gasteiger partial charge >= 0.3 is 0 Å². The minimum atomic E-state index is 0.284. The van der Waals surface area contributed by atoms with Crippen molar-refractivity contribution in [2.75, 3.05) is 0 Å². The molecular weight excluding hydrogens is 124 g/mol. The minimum absolute atomic E-state index is 0.284. The van der Waals surface area contributed by atoms with Crippen LogP contribution in [-0.2, 0) is 11.2 Å². The number of benzene rings is 1. The summed E-state index contributed by atoms with van der Waals surface area (Å²) in [5.74, 6) is 0. The highest BCUT2D eigenvalue weighted by atomic mass is 16.1. The van der Waals surface area contributed by atoms with Gasteiger partial charge in [-0.3, -0.25) is 4.79 Å². The molecule has 0 unspecified atom stereocenters. The van der Waals surface area contributed by atoms with E-state index in [0.29, 0.717) is 5.56 Å². The summed E-state index contributed by atoms with van der Waals surface area (Å²) in [6, 6.07) is 7.28. The second kappa shape index (κ2) is 3.16. The first-order chi connectivity index (χ1) is 4.84. The highest BCUT2D eigenvalue weighted by molar-refractivity contribution is 5.57. The fraction of sp³-hybridized carbons (Fsp3) is 0.111. The van der Waals surface area contributed by atoms with E-state index in [2.05, 4.69) is 0 Å². The molecule has 0 aromatic heterocycles. The predicted molar refractivity (Wildman–Crippen MR) is 39.2 cm³/mol. The lowest BCUT2D eigenvalue weighted by Gasteiger charge is -1.97. The molecule has 0 aliphatic carbocycles. The smallest absolute Gasteiger partial charge is 0.203 e. The number of hydrogen-bond donors (Lipinski definition) is 0. The summed E-state index contributed by atoms with van der Waals surface area (Å²) in [5.41, 5.74) is 1.50. The molecule has 49 valence electrons. The lowest BCUT2D eigenvalue weighted by Crippen LogP contribution is -1.88. The van der Waals surface area contributed by atoms with Gasteiger partial charge < -0.3 is 0 Å². The summed E-state index contributed by atoms with van der Waals surface area (Å²) >= 11 is 0. The van der Waals surface area contributed by atoms with Crippen LogP contribution in [0.4, 0.5) is 0 Å². The molecule has 1 heteroatoms. The van der Waals surface area contributed by atoms with E-state index in [-0.39, 0.29) is 6.42 Å². The highest BCUT2D eigenvalue weighted by Crippen LogP contribution is 2.05. The van der Waals surface area contributed by atoms with Gasteiger partial charge in [0.25, 0.3) is 0 Å². The summed E-state index contributed by atoms with van der Waals surface area (Å²) in [5, 5.41) is 0. The van der Waals surface area contributed by atoms with Crippen LogP contribution in [0, 0.1) is 6.92 Å². The van der Waals surface area contributed by atoms with Crippen molar-refractivity contribution in [3.63, 3.8) is 0 Å². The topological polar surface area (TPSA) is 17.1 Å². The first-order valence-corrected chi connectivity index (χ1v) is 3.03. The van der Waals surface area contributed by atoms with Crippen molar-refractivity contribution in [2.45, 2.75) is 6.42 Å². The maximum Gasteiger partial charge on any atom is 0.203 e. The third-order valence-corrected chi connectivity index (χ3v) is 1.32. The van der Waals surface area contributed by atoms with E-state index in [0.717, 1.165) is 5.56 Å². The van der Waals surface area contributed by atoms with E-state index in [1.807, 2.05) is 18.2 Å². The molecule has 0 aliphatic heterocycles. The Balaban J connectivity index is 2.91. The molecule has 0 atom stereocenters. The zero-order valence-corrected chi connectivity index (χ0v) is 5.50. The van der Waals surface area contributed by atoms with E-state index >= 15 is 0 Å². The Morgan fingerprint density at radius 2 is 2.10 bits per heavy atom. The lowest BCUT2D eigenvalue weighted by atomic mass is 10.1. The zero-order valence-electron chi connectivity index (χ0n) is 5.50. The average molecular weight is 131 g/mol. The van der Waals surface area contributed by atoms with Gasteiger partial charge in [-0.2, -0.15) is 0 Å². The molecular formula is C9H7O. The van der Waals surface area contributed by atoms with Crippen molar-refractivity contribution >= 4 is 6.29 Å². The quantitative estimate of drug-likeness (QED) is 0.593. The maximum atomic E-state index is 9.95.